The van der Waals surface area contributed by atoms with Crippen molar-refractivity contribution in [3.8, 4) is 0 Å². The summed E-state index contributed by atoms with van der Waals surface area (Å²) in [4.78, 5) is 33.0. The van der Waals surface area contributed by atoms with Gasteiger partial charge in [-0.05, 0) is 11.8 Å². The lowest BCUT2D eigenvalue weighted by Gasteiger charge is -2.44. The Morgan fingerprint density at radius 2 is 1.83 bits per heavy atom. The number of hydrogen-bond donors (Lipinski definition) is 2. The molecule has 1 aliphatic rings. The molecule has 5 atom stereocenters. The van der Waals surface area contributed by atoms with Crippen molar-refractivity contribution in [2.75, 3.05) is 13.2 Å². The van der Waals surface area contributed by atoms with E-state index in [0.717, 1.165) is 0 Å². The van der Waals surface area contributed by atoms with E-state index >= 15 is 0 Å². The van der Waals surface area contributed by atoms with Gasteiger partial charge < -0.3 is 24.6 Å². The second kappa shape index (κ2) is 8.83. The third-order valence-electron chi connectivity index (χ3n) is 4.00. The van der Waals surface area contributed by atoms with Gasteiger partial charge in [-0.3, -0.25) is 14.4 Å². The zero-order chi connectivity index (χ0) is 17.6. The van der Waals surface area contributed by atoms with Crippen LogP contribution in [0.4, 0.5) is 0 Å². The highest BCUT2D eigenvalue weighted by atomic mass is 16.7. The Balaban J connectivity index is 2.77. The molecule has 0 aromatic carbocycles. The Kier molecular flexibility index (Phi) is 7.44. The Morgan fingerprint density at radius 3 is 2.35 bits per heavy atom. The topological polar surface area (TPSA) is 111 Å². The molecule has 0 bridgehead atoms. The molecule has 1 saturated heterocycles. The van der Waals surface area contributed by atoms with E-state index in [1.165, 1.54) is 13.8 Å². The largest absolute Gasteiger partial charge is 0.481 e. The van der Waals surface area contributed by atoms with Crippen LogP contribution in [0.15, 0.2) is 0 Å². The van der Waals surface area contributed by atoms with Crippen LogP contribution >= 0.6 is 0 Å². The minimum absolute atomic E-state index is 0.00281. The maximum atomic E-state index is 11.4. The minimum Gasteiger partial charge on any atom is -0.481 e. The van der Waals surface area contributed by atoms with Crippen LogP contribution in [0.3, 0.4) is 0 Å². The summed E-state index contributed by atoms with van der Waals surface area (Å²) in [6, 6.07) is -0.398. The fraction of sp³-hybridized carbons (Fsp3) is 0.800. The van der Waals surface area contributed by atoms with E-state index < -0.39 is 24.3 Å². The summed E-state index contributed by atoms with van der Waals surface area (Å²) < 4.78 is 16.3. The van der Waals surface area contributed by atoms with Crippen LogP contribution in [-0.4, -0.2) is 54.6 Å². The first-order valence-electron chi connectivity index (χ1n) is 7.61. The maximum Gasteiger partial charge on any atom is 0.305 e. The average molecular weight is 331 g/mol. The molecule has 0 saturated carbocycles. The molecule has 0 aromatic rings. The molecule has 1 aliphatic heterocycles. The van der Waals surface area contributed by atoms with Gasteiger partial charge in [-0.15, -0.1) is 0 Å². The highest BCUT2D eigenvalue weighted by molar-refractivity contribution is 5.73. The van der Waals surface area contributed by atoms with Gasteiger partial charge in [0.25, 0.3) is 0 Å². The summed E-state index contributed by atoms with van der Waals surface area (Å²) in [6.07, 6.45) is -1.33. The molecular formula is C15H25NO7. The van der Waals surface area contributed by atoms with Crippen molar-refractivity contribution in [1.82, 2.24) is 5.32 Å². The van der Waals surface area contributed by atoms with Gasteiger partial charge in [-0.2, -0.15) is 0 Å². The van der Waals surface area contributed by atoms with Crippen LogP contribution < -0.4 is 5.32 Å². The number of aliphatic carboxylic acids is 1. The predicted molar refractivity (Wildman–Crippen MR) is 79.4 cm³/mol. The van der Waals surface area contributed by atoms with Crippen molar-refractivity contribution in [3.05, 3.63) is 0 Å². The van der Waals surface area contributed by atoms with Crippen molar-refractivity contribution >= 4 is 17.8 Å². The van der Waals surface area contributed by atoms with Crippen LogP contribution in [0.25, 0.3) is 0 Å². The van der Waals surface area contributed by atoms with Crippen LogP contribution in [-0.2, 0) is 28.6 Å². The number of nitrogens with one attached hydrogen (secondary N) is 1. The monoisotopic (exact) mass is 331 g/mol. The van der Waals surface area contributed by atoms with Crippen molar-refractivity contribution in [1.29, 1.82) is 0 Å². The third-order valence-corrected chi connectivity index (χ3v) is 4.00. The van der Waals surface area contributed by atoms with Gasteiger partial charge in [0.15, 0.2) is 6.29 Å². The first-order chi connectivity index (χ1) is 10.7. The van der Waals surface area contributed by atoms with Crippen molar-refractivity contribution in [2.24, 2.45) is 11.8 Å². The molecule has 0 aromatic heterocycles. The quantitative estimate of drug-likeness (QED) is 0.655. The zero-order valence-corrected chi connectivity index (χ0v) is 13.9. The zero-order valence-electron chi connectivity index (χ0n) is 13.9. The lowest BCUT2D eigenvalue weighted by molar-refractivity contribution is -0.244. The van der Waals surface area contributed by atoms with E-state index in [0.29, 0.717) is 0 Å². The lowest BCUT2D eigenvalue weighted by Crippen LogP contribution is -2.58. The van der Waals surface area contributed by atoms with Crippen LogP contribution in [0, 0.1) is 11.8 Å². The number of esters is 1. The van der Waals surface area contributed by atoms with Gasteiger partial charge in [-0.1, -0.05) is 13.8 Å². The Morgan fingerprint density at radius 1 is 1.17 bits per heavy atom. The molecule has 0 radical (unpaired) electrons. The number of carboxylic acids is 1. The summed E-state index contributed by atoms with van der Waals surface area (Å²) in [5.41, 5.74) is 0. The molecule has 8 heteroatoms. The van der Waals surface area contributed by atoms with Gasteiger partial charge in [-0.25, -0.2) is 0 Å². The number of carbonyl (C=O) groups excluding carboxylic acids is 2. The molecule has 132 valence electrons. The van der Waals surface area contributed by atoms with Crippen LogP contribution in [0.2, 0.25) is 0 Å². The Labute approximate surface area is 135 Å². The number of rotatable bonds is 7. The normalized spacial score (nSPS) is 30.5. The van der Waals surface area contributed by atoms with Gasteiger partial charge >= 0.3 is 11.9 Å². The van der Waals surface area contributed by atoms with Crippen LogP contribution in [0.5, 0.6) is 0 Å². The van der Waals surface area contributed by atoms with E-state index in [4.69, 9.17) is 19.3 Å². The lowest BCUT2D eigenvalue weighted by atomic mass is 9.82. The molecule has 1 rings (SSSR count). The average Bonchev–Trinajstić information content (AvgIpc) is 2.44. The summed E-state index contributed by atoms with van der Waals surface area (Å²) in [7, 11) is 0. The van der Waals surface area contributed by atoms with E-state index in [9.17, 15) is 14.4 Å². The number of carbonyl (C=O) groups is 3. The number of carboxylic acid groups (broad SMARTS) is 1. The predicted octanol–water partition coefficient (Wildman–Crippen LogP) is 0.543. The van der Waals surface area contributed by atoms with Crippen LogP contribution in [0.1, 0.15) is 34.1 Å². The summed E-state index contributed by atoms with van der Waals surface area (Å²) in [5, 5.41) is 11.5. The fourth-order valence-corrected chi connectivity index (χ4v) is 2.52. The summed E-state index contributed by atoms with van der Waals surface area (Å²) in [6.45, 7) is 6.67. The SMILES string of the molecule is CC(=O)N[C@H]1[C@H](OCCC(=O)O)O[C@H](COC(C)=O)[C@H](C)[C@@H]1C. The molecule has 1 heterocycles. The van der Waals surface area contributed by atoms with E-state index in [2.05, 4.69) is 5.32 Å². The minimum atomic E-state index is -0.977. The fourth-order valence-electron chi connectivity index (χ4n) is 2.52. The molecule has 23 heavy (non-hydrogen) atoms. The second-order valence-corrected chi connectivity index (χ2v) is 5.80. The second-order valence-electron chi connectivity index (χ2n) is 5.80. The Bertz CT molecular complexity index is 438. The molecule has 0 spiro atoms. The van der Waals surface area contributed by atoms with Gasteiger partial charge in [0.05, 0.1) is 25.2 Å². The number of ether oxygens (including phenoxy) is 3. The highest BCUT2D eigenvalue weighted by Gasteiger charge is 2.42. The molecule has 0 unspecified atom stereocenters. The number of amides is 1. The van der Waals surface area contributed by atoms with Gasteiger partial charge in [0.1, 0.15) is 6.61 Å². The third kappa shape index (κ3) is 6.15. The summed E-state index contributed by atoms with van der Waals surface area (Å²) >= 11 is 0. The van der Waals surface area contributed by atoms with E-state index in [-0.39, 0.29) is 43.5 Å². The van der Waals surface area contributed by atoms with Crippen molar-refractivity contribution in [2.45, 2.75) is 52.6 Å². The molecule has 2 N–H and O–H groups in total. The van der Waals surface area contributed by atoms with Gasteiger partial charge in [0.2, 0.25) is 5.91 Å². The molecule has 1 fully saturated rings. The first kappa shape index (κ1) is 19.4. The molecule has 8 nitrogen and oxygen atoms in total. The smallest absolute Gasteiger partial charge is 0.305 e. The van der Waals surface area contributed by atoms with Gasteiger partial charge in [0, 0.05) is 13.8 Å². The molecule has 1 amide bonds. The van der Waals surface area contributed by atoms with Crippen molar-refractivity contribution in [3.63, 3.8) is 0 Å². The van der Waals surface area contributed by atoms with E-state index in [1.54, 1.807) is 0 Å². The van der Waals surface area contributed by atoms with E-state index in [1.807, 2.05) is 13.8 Å². The van der Waals surface area contributed by atoms with Crippen molar-refractivity contribution < 1.29 is 33.7 Å². The standard InChI is InChI=1S/C15H25NO7/c1-8-9(2)14(16-10(3)17)15(21-6-5-13(19)20)23-12(8)7-22-11(4)18/h8-9,12,14-15H,5-7H2,1-4H3,(H,16,17)(H,19,20)/t8-,9+,12-,14-,15-/m1/s1. The maximum absolute atomic E-state index is 11.4. The Hall–Kier alpha value is -1.67. The highest BCUT2D eigenvalue weighted by Crippen LogP contribution is 2.31. The molecule has 0 aliphatic carbocycles. The first-order valence-corrected chi connectivity index (χ1v) is 7.61. The summed E-state index contributed by atoms with van der Waals surface area (Å²) in [5.74, 6) is -1.58. The molecular weight excluding hydrogens is 306 g/mol. The number of hydrogen-bond acceptors (Lipinski definition) is 6.